The Morgan fingerprint density at radius 3 is 2.54 bits per heavy atom. The van der Waals surface area contributed by atoms with E-state index in [1.165, 1.54) is 0 Å². The van der Waals surface area contributed by atoms with Crippen molar-refractivity contribution in [2.45, 2.75) is 25.9 Å². The Kier molecular flexibility index (Phi) is 5.09. The summed E-state index contributed by atoms with van der Waals surface area (Å²) in [7, 11) is -4.05. The van der Waals surface area contributed by atoms with Crippen LogP contribution in [-0.2, 0) is 16.4 Å². The van der Waals surface area contributed by atoms with Gasteiger partial charge in [0.25, 0.3) is 0 Å². The number of anilines is 1. The number of nitrogens with zero attached hydrogens (tertiary/aromatic N) is 1. The van der Waals surface area contributed by atoms with E-state index in [4.69, 9.17) is 5.11 Å². The number of benzene rings is 1. The van der Waals surface area contributed by atoms with Crippen molar-refractivity contribution in [3.63, 3.8) is 0 Å². The van der Waals surface area contributed by atoms with E-state index in [-0.39, 0.29) is 19.0 Å². The maximum Gasteiger partial charge on any atom is 0.416 e. The van der Waals surface area contributed by atoms with E-state index in [1.807, 2.05) is 6.92 Å². The summed E-state index contributed by atoms with van der Waals surface area (Å²) in [6, 6.07) is 1.91. The molecule has 1 atom stereocenters. The highest BCUT2D eigenvalue weighted by Gasteiger charge is 2.33. The van der Waals surface area contributed by atoms with Gasteiger partial charge in [0.15, 0.2) is 0 Å². The summed E-state index contributed by atoms with van der Waals surface area (Å²) in [5.41, 5.74) is -2.30. The zero-order chi connectivity index (χ0) is 18.1. The molecule has 6 nitrogen and oxygen atoms in total. The van der Waals surface area contributed by atoms with E-state index in [1.54, 1.807) is 0 Å². The average molecular weight is 366 g/mol. The fraction of sp³-hybridized carbons (Fsp3) is 0.500. The van der Waals surface area contributed by atoms with Crippen molar-refractivity contribution < 1.29 is 31.5 Å². The van der Waals surface area contributed by atoms with Crippen LogP contribution in [0.1, 0.15) is 35.7 Å². The van der Waals surface area contributed by atoms with E-state index in [0.717, 1.165) is 16.8 Å². The van der Waals surface area contributed by atoms with E-state index < -0.39 is 39.2 Å². The molecule has 0 unspecified atom stereocenters. The average Bonchev–Trinajstić information content (AvgIpc) is 2.45. The zero-order valence-corrected chi connectivity index (χ0v) is 13.6. The molecule has 0 saturated carbocycles. The molecule has 10 heteroatoms. The highest BCUT2D eigenvalue weighted by atomic mass is 32.2. The summed E-state index contributed by atoms with van der Waals surface area (Å²) in [4.78, 5) is 11.0. The third-order valence-electron chi connectivity index (χ3n) is 3.71. The Hall–Kier alpha value is -1.81. The Bertz CT molecular complexity index is 734. The predicted octanol–water partition coefficient (Wildman–Crippen LogP) is 2.79. The van der Waals surface area contributed by atoms with Crippen LogP contribution in [-0.4, -0.2) is 36.9 Å². The fourth-order valence-corrected chi connectivity index (χ4v) is 3.92. The lowest BCUT2D eigenvalue weighted by atomic mass is 10.0. The van der Waals surface area contributed by atoms with Crippen molar-refractivity contribution in [2.75, 3.05) is 17.8 Å². The van der Waals surface area contributed by atoms with Gasteiger partial charge in [0, 0.05) is 13.1 Å². The van der Waals surface area contributed by atoms with Crippen LogP contribution in [0.2, 0.25) is 0 Å². The summed E-state index contributed by atoms with van der Waals surface area (Å²) < 4.78 is 66.5. The van der Waals surface area contributed by atoms with Crippen molar-refractivity contribution in [3.05, 3.63) is 29.3 Å². The molecule has 134 valence electrons. The van der Waals surface area contributed by atoms with Gasteiger partial charge in [-0.1, -0.05) is 6.92 Å². The third kappa shape index (κ3) is 4.38. The second kappa shape index (κ2) is 6.60. The smallest absolute Gasteiger partial charge is 0.416 e. The van der Waals surface area contributed by atoms with Gasteiger partial charge in [-0.05, 0) is 37.0 Å². The molecule has 0 radical (unpaired) electrons. The monoisotopic (exact) mass is 366 g/mol. The highest BCUT2D eigenvalue weighted by Crippen LogP contribution is 2.32. The van der Waals surface area contributed by atoms with Crippen LogP contribution >= 0.6 is 0 Å². The Labute approximate surface area is 137 Å². The van der Waals surface area contributed by atoms with Crippen LogP contribution in [0.3, 0.4) is 0 Å². The summed E-state index contributed by atoms with van der Waals surface area (Å²) >= 11 is 0. The predicted molar refractivity (Wildman–Crippen MR) is 80.9 cm³/mol. The quantitative estimate of drug-likeness (QED) is 0.858. The van der Waals surface area contributed by atoms with Gasteiger partial charge in [0.1, 0.15) is 0 Å². The van der Waals surface area contributed by atoms with E-state index in [9.17, 15) is 26.4 Å². The number of carboxylic acids is 1. The standard InChI is InChI=1S/C14H17F3N2O4S/c1-9-3-2-4-19(8-9)24(22,23)18-12-6-10(13(20)21)5-11(7-12)14(15,16)17/h5-7,9,18H,2-4,8H2,1H3,(H,20,21)/t9-/m0/s1. The number of alkyl halides is 3. The van der Waals surface area contributed by atoms with Gasteiger partial charge < -0.3 is 5.11 Å². The number of aromatic carboxylic acids is 1. The zero-order valence-electron chi connectivity index (χ0n) is 12.8. The molecule has 2 rings (SSSR count). The number of nitrogens with one attached hydrogen (secondary N) is 1. The molecule has 2 N–H and O–H groups in total. The molecule has 0 spiro atoms. The minimum absolute atomic E-state index is 0.145. The molecule has 0 aromatic heterocycles. The molecular weight excluding hydrogens is 349 g/mol. The van der Waals surface area contributed by atoms with Gasteiger partial charge in [0.05, 0.1) is 16.8 Å². The lowest BCUT2D eigenvalue weighted by molar-refractivity contribution is -0.137. The third-order valence-corrected chi connectivity index (χ3v) is 5.22. The molecule has 1 aliphatic rings. The molecule has 0 amide bonds. The SMILES string of the molecule is C[C@H]1CCCN(S(=O)(=O)Nc2cc(C(=O)O)cc(C(F)(F)F)c2)C1. The van der Waals surface area contributed by atoms with Crippen LogP contribution < -0.4 is 4.72 Å². The summed E-state index contributed by atoms with van der Waals surface area (Å²) in [5.74, 6) is -1.43. The van der Waals surface area contributed by atoms with Gasteiger partial charge in [-0.25, -0.2) is 4.79 Å². The van der Waals surface area contributed by atoms with Gasteiger partial charge in [-0.15, -0.1) is 0 Å². The summed E-state index contributed by atoms with van der Waals surface area (Å²) in [6.07, 6.45) is -3.25. The van der Waals surface area contributed by atoms with Gasteiger partial charge >= 0.3 is 22.4 Å². The van der Waals surface area contributed by atoms with Crippen molar-refractivity contribution in [2.24, 2.45) is 5.92 Å². The largest absolute Gasteiger partial charge is 0.478 e. The normalized spacial score (nSPS) is 19.9. The number of carboxylic acid groups (broad SMARTS) is 1. The van der Waals surface area contributed by atoms with Crippen LogP contribution in [0, 0.1) is 5.92 Å². The van der Waals surface area contributed by atoms with Crippen molar-refractivity contribution >= 4 is 21.9 Å². The van der Waals surface area contributed by atoms with Crippen LogP contribution in [0.5, 0.6) is 0 Å². The lowest BCUT2D eigenvalue weighted by Crippen LogP contribution is -2.42. The molecule has 1 fully saturated rings. The van der Waals surface area contributed by atoms with Gasteiger partial charge in [0.2, 0.25) is 0 Å². The number of halogens is 3. The molecule has 0 aliphatic carbocycles. The summed E-state index contributed by atoms with van der Waals surface area (Å²) in [6.45, 7) is 2.42. The maximum absolute atomic E-state index is 12.9. The second-order valence-electron chi connectivity index (χ2n) is 5.81. The molecule has 24 heavy (non-hydrogen) atoms. The number of hydrogen-bond acceptors (Lipinski definition) is 3. The molecule has 1 heterocycles. The van der Waals surface area contributed by atoms with Crippen LogP contribution in [0.25, 0.3) is 0 Å². The van der Waals surface area contributed by atoms with Crippen molar-refractivity contribution in [1.29, 1.82) is 0 Å². The summed E-state index contributed by atoms with van der Waals surface area (Å²) in [5, 5.41) is 8.93. The van der Waals surface area contributed by atoms with Crippen molar-refractivity contribution in [1.82, 2.24) is 4.31 Å². The van der Waals surface area contributed by atoms with Crippen LogP contribution in [0.15, 0.2) is 18.2 Å². The van der Waals surface area contributed by atoms with E-state index >= 15 is 0 Å². The molecule has 1 saturated heterocycles. The molecular formula is C14H17F3N2O4S. The first-order valence-electron chi connectivity index (χ1n) is 7.22. The number of hydrogen-bond donors (Lipinski definition) is 2. The fourth-order valence-electron chi connectivity index (χ4n) is 2.55. The molecule has 1 aromatic rings. The van der Waals surface area contributed by atoms with E-state index in [2.05, 4.69) is 4.72 Å². The van der Waals surface area contributed by atoms with Gasteiger partial charge in [-0.2, -0.15) is 25.9 Å². The number of piperidine rings is 1. The Morgan fingerprint density at radius 1 is 1.33 bits per heavy atom. The molecule has 0 bridgehead atoms. The number of rotatable bonds is 4. The molecule has 1 aliphatic heterocycles. The topological polar surface area (TPSA) is 86.7 Å². The highest BCUT2D eigenvalue weighted by molar-refractivity contribution is 7.90. The second-order valence-corrected chi connectivity index (χ2v) is 7.49. The Balaban J connectivity index is 2.34. The first-order chi connectivity index (χ1) is 11.0. The minimum atomic E-state index is -4.79. The first kappa shape index (κ1) is 18.5. The first-order valence-corrected chi connectivity index (χ1v) is 8.66. The minimum Gasteiger partial charge on any atom is -0.478 e. The molecule has 1 aromatic carbocycles. The lowest BCUT2D eigenvalue weighted by Gasteiger charge is -2.30. The maximum atomic E-state index is 12.9. The Morgan fingerprint density at radius 2 is 2.00 bits per heavy atom. The van der Waals surface area contributed by atoms with E-state index in [0.29, 0.717) is 18.6 Å². The van der Waals surface area contributed by atoms with Gasteiger partial charge in [-0.3, -0.25) is 4.72 Å². The van der Waals surface area contributed by atoms with Crippen LogP contribution in [0.4, 0.5) is 18.9 Å². The van der Waals surface area contributed by atoms with Crippen molar-refractivity contribution in [3.8, 4) is 0 Å². The number of carbonyl (C=O) groups is 1.